The summed E-state index contributed by atoms with van der Waals surface area (Å²) in [7, 11) is 0. The van der Waals surface area contributed by atoms with Gasteiger partial charge in [-0.05, 0) is 33.6 Å². The second-order valence-electron chi connectivity index (χ2n) is 6.27. The molecular weight excluding hydrogens is 262 g/mol. The second kappa shape index (κ2) is 6.11. The molecule has 20 heavy (non-hydrogen) atoms. The van der Waals surface area contributed by atoms with Crippen LogP contribution >= 0.6 is 0 Å². The van der Waals surface area contributed by atoms with Gasteiger partial charge in [0.05, 0.1) is 11.0 Å². The standard InChI is InChI=1S/C13H25N3O4/c1-7(2)8(15-11(14)20)9(17)16-13(5,6)12(3,4)10(18)19/h7-8H,1-6H3,(H,16,17)(H,18,19)(H3,14,15,20). The fourth-order valence-corrected chi connectivity index (χ4v) is 1.50. The number of primary amides is 1. The third-order valence-electron chi connectivity index (χ3n) is 3.78. The summed E-state index contributed by atoms with van der Waals surface area (Å²) in [6.07, 6.45) is 0. The van der Waals surface area contributed by atoms with Gasteiger partial charge in [0.25, 0.3) is 0 Å². The van der Waals surface area contributed by atoms with E-state index >= 15 is 0 Å². The first-order valence-corrected chi connectivity index (χ1v) is 6.44. The maximum absolute atomic E-state index is 12.2. The number of hydrogen-bond donors (Lipinski definition) is 4. The van der Waals surface area contributed by atoms with Crippen LogP contribution in [0.2, 0.25) is 0 Å². The zero-order valence-electron chi connectivity index (χ0n) is 12.9. The third kappa shape index (κ3) is 4.11. The van der Waals surface area contributed by atoms with Crippen LogP contribution in [0.1, 0.15) is 41.5 Å². The second-order valence-corrected chi connectivity index (χ2v) is 6.27. The molecule has 0 radical (unpaired) electrons. The van der Waals surface area contributed by atoms with Gasteiger partial charge in [0, 0.05) is 0 Å². The molecule has 0 spiro atoms. The highest BCUT2D eigenvalue weighted by molar-refractivity contribution is 5.88. The van der Waals surface area contributed by atoms with Gasteiger partial charge in [-0.25, -0.2) is 4.79 Å². The molecule has 0 aromatic carbocycles. The summed E-state index contributed by atoms with van der Waals surface area (Å²) in [5.74, 6) is -1.66. The molecule has 0 aliphatic rings. The summed E-state index contributed by atoms with van der Waals surface area (Å²) >= 11 is 0. The van der Waals surface area contributed by atoms with E-state index in [1.54, 1.807) is 27.7 Å². The first-order valence-electron chi connectivity index (χ1n) is 6.44. The molecule has 0 fully saturated rings. The van der Waals surface area contributed by atoms with E-state index < -0.39 is 34.9 Å². The van der Waals surface area contributed by atoms with Crippen molar-refractivity contribution in [1.29, 1.82) is 0 Å². The average molecular weight is 287 g/mol. The van der Waals surface area contributed by atoms with Gasteiger partial charge in [-0.15, -0.1) is 0 Å². The Kier molecular flexibility index (Phi) is 5.56. The Balaban J connectivity index is 5.13. The van der Waals surface area contributed by atoms with Gasteiger partial charge in [0.15, 0.2) is 0 Å². The Morgan fingerprint density at radius 2 is 1.55 bits per heavy atom. The largest absolute Gasteiger partial charge is 0.481 e. The lowest BCUT2D eigenvalue weighted by Gasteiger charge is -2.40. The lowest BCUT2D eigenvalue weighted by atomic mass is 9.74. The Morgan fingerprint density at radius 1 is 1.10 bits per heavy atom. The number of carbonyl (C=O) groups is 3. The van der Waals surface area contributed by atoms with Crippen molar-refractivity contribution in [2.45, 2.75) is 53.1 Å². The Labute approximate surface area is 119 Å². The number of carboxylic acid groups (broad SMARTS) is 1. The SMILES string of the molecule is CC(C)C(NC(N)=O)C(=O)NC(C)(C)C(C)(C)C(=O)O. The molecule has 0 heterocycles. The molecule has 7 heteroatoms. The molecule has 0 aromatic rings. The van der Waals surface area contributed by atoms with Crippen LogP contribution in [-0.4, -0.2) is 34.6 Å². The van der Waals surface area contributed by atoms with E-state index in [2.05, 4.69) is 10.6 Å². The van der Waals surface area contributed by atoms with Gasteiger partial charge in [-0.3, -0.25) is 9.59 Å². The van der Waals surface area contributed by atoms with Crippen LogP contribution in [0.3, 0.4) is 0 Å². The van der Waals surface area contributed by atoms with E-state index in [9.17, 15) is 19.5 Å². The molecule has 7 nitrogen and oxygen atoms in total. The number of aliphatic carboxylic acids is 1. The van der Waals surface area contributed by atoms with E-state index in [1.165, 1.54) is 13.8 Å². The molecule has 3 amide bonds. The summed E-state index contributed by atoms with van der Waals surface area (Å²) < 4.78 is 0. The molecule has 0 aliphatic carbocycles. The highest BCUT2D eigenvalue weighted by Gasteiger charge is 2.45. The normalized spacial score (nSPS) is 13.8. The number of nitrogens with two attached hydrogens (primary N) is 1. The van der Waals surface area contributed by atoms with Gasteiger partial charge >= 0.3 is 12.0 Å². The fourth-order valence-electron chi connectivity index (χ4n) is 1.50. The monoisotopic (exact) mass is 287 g/mol. The number of urea groups is 1. The van der Waals surface area contributed by atoms with Crippen LogP contribution in [0, 0.1) is 11.3 Å². The molecule has 0 saturated carbocycles. The first-order chi connectivity index (χ1) is 8.83. The van der Waals surface area contributed by atoms with Crippen molar-refractivity contribution in [2.24, 2.45) is 17.1 Å². The third-order valence-corrected chi connectivity index (χ3v) is 3.78. The number of carbonyl (C=O) groups excluding carboxylic acids is 2. The lowest BCUT2D eigenvalue weighted by Crippen LogP contribution is -2.62. The average Bonchev–Trinajstić information content (AvgIpc) is 2.23. The summed E-state index contributed by atoms with van der Waals surface area (Å²) in [6, 6.07) is -1.61. The minimum absolute atomic E-state index is 0.175. The predicted octanol–water partition coefficient (Wildman–Crippen LogP) is 0.685. The van der Waals surface area contributed by atoms with Gasteiger partial charge in [0.1, 0.15) is 6.04 Å². The van der Waals surface area contributed by atoms with Crippen LogP contribution in [0.15, 0.2) is 0 Å². The summed E-state index contributed by atoms with van der Waals surface area (Å²) in [4.78, 5) is 34.4. The van der Waals surface area contributed by atoms with Gasteiger partial charge in [-0.2, -0.15) is 0 Å². The molecular formula is C13H25N3O4. The van der Waals surface area contributed by atoms with Crippen LogP contribution < -0.4 is 16.4 Å². The Hall–Kier alpha value is -1.79. The number of carboxylic acids is 1. The molecule has 0 aromatic heterocycles. The van der Waals surface area contributed by atoms with E-state index in [4.69, 9.17) is 5.73 Å². The van der Waals surface area contributed by atoms with Crippen molar-refractivity contribution in [3.63, 3.8) is 0 Å². The lowest BCUT2D eigenvalue weighted by molar-refractivity contribution is -0.152. The summed E-state index contributed by atoms with van der Waals surface area (Å²) in [5.41, 5.74) is 2.88. The van der Waals surface area contributed by atoms with Gasteiger partial charge < -0.3 is 21.5 Å². The topological polar surface area (TPSA) is 122 Å². The molecule has 1 atom stereocenters. The minimum atomic E-state index is -1.17. The number of rotatable bonds is 6. The highest BCUT2D eigenvalue weighted by Crippen LogP contribution is 2.30. The van der Waals surface area contributed by atoms with Crippen molar-refractivity contribution in [3.05, 3.63) is 0 Å². The smallest absolute Gasteiger partial charge is 0.312 e. The Morgan fingerprint density at radius 3 is 1.85 bits per heavy atom. The van der Waals surface area contributed by atoms with Crippen molar-refractivity contribution in [3.8, 4) is 0 Å². The van der Waals surface area contributed by atoms with Crippen molar-refractivity contribution in [1.82, 2.24) is 10.6 Å². The zero-order chi connectivity index (χ0) is 16.3. The maximum Gasteiger partial charge on any atom is 0.312 e. The molecule has 0 saturated heterocycles. The number of amides is 3. The summed E-state index contributed by atoms with van der Waals surface area (Å²) in [5, 5.41) is 14.3. The molecule has 116 valence electrons. The molecule has 0 rings (SSSR count). The molecule has 1 unspecified atom stereocenters. The van der Waals surface area contributed by atoms with Crippen molar-refractivity contribution in [2.75, 3.05) is 0 Å². The maximum atomic E-state index is 12.2. The fraction of sp³-hybridized carbons (Fsp3) is 0.769. The number of hydrogen-bond acceptors (Lipinski definition) is 3. The van der Waals surface area contributed by atoms with Crippen molar-refractivity contribution < 1.29 is 19.5 Å². The highest BCUT2D eigenvalue weighted by atomic mass is 16.4. The predicted molar refractivity (Wildman–Crippen MR) is 75.0 cm³/mol. The zero-order valence-corrected chi connectivity index (χ0v) is 12.9. The van der Waals surface area contributed by atoms with Gasteiger partial charge in [-0.1, -0.05) is 13.8 Å². The van der Waals surface area contributed by atoms with Gasteiger partial charge in [0.2, 0.25) is 5.91 Å². The summed E-state index contributed by atoms with van der Waals surface area (Å²) in [6.45, 7) is 9.83. The van der Waals surface area contributed by atoms with Crippen LogP contribution in [0.25, 0.3) is 0 Å². The van der Waals surface area contributed by atoms with Crippen LogP contribution in [0.5, 0.6) is 0 Å². The van der Waals surface area contributed by atoms with E-state index in [0.717, 1.165) is 0 Å². The molecule has 5 N–H and O–H groups in total. The van der Waals surface area contributed by atoms with E-state index in [-0.39, 0.29) is 5.92 Å². The quantitative estimate of drug-likeness (QED) is 0.574. The van der Waals surface area contributed by atoms with E-state index in [1.807, 2.05) is 0 Å². The number of nitrogens with one attached hydrogen (secondary N) is 2. The van der Waals surface area contributed by atoms with Crippen LogP contribution in [-0.2, 0) is 9.59 Å². The van der Waals surface area contributed by atoms with E-state index in [0.29, 0.717) is 0 Å². The molecule has 0 bridgehead atoms. The Bertz CT molecular complexity index is 402. The van der Waals surface area contributed by atoms with Crippen LogP contribution in [0.4, 0.5) is 4.79 Å². The first kappa shape index (κ1) is 18.2. The van der Waals surface area contributed by atoms with Crippen molar-refractivity contribution >= 4 is 17.9 Å². The molecule has 0 aliphatic heterocycles. The minimum Gasteiger partial charge on any atom is -0.481 e.